The number of nitrogens with two attached hydrogens (primary N) is 1. The van der Waals surface area contributed by atoms with E-state index < -0.39 is 5.91 Å². The molecule has 3 heterocycles. The topological polar surface area (TPSA) is 116 Å². The lowest BCUT2D eigenvalue weighted by atomic mass is 10.2. The van der Waals surface area contributed by atoms with Crippen molar-refractivity contribution in [2.45, 2.75) is 25.5 Å². The Morgan fingerprint density at radius 1 is 1.38 bits per heavy atom. The van der Waals surface area contributed by atoms with Gasteiger partial charge in [0.25, 0.3) is 11.5 Å². The minimum absolute atomic E-state index is 0.0321. The van der Waals surface area contributed by atoms with Crippen LogP contribution in [0.3, 0.4) is 0 Å². The first-order chi connectivity index (χ1) is 13.8. The van der Waals surface area contributed by atoms with E-state index in [4.69, 9.17) is 10.5 Å². The number of primary amides is 1. The summed E-state index contributed by atoms with van der Waals surface area (Å²) in [4.78, 5) is 43.1. The van der Waals surface area contributed by atoms with Crippen LogP contribution in [0.15, 0.2) is 21.4 Å². The van der Waals surface area contributed by atoms with E-state index in [1.165, 1.54) is 34.4 Å². The Balaban J connectivity index is 1.84. The third-order valence-electron chi connectivity index (χ3n) is 4.29. The van der Waals surface area contributed by atoms with Crippen LogP contribution >= 0.6 is 34.4 Å². The maximum absolute atomic E-state index is 13.0. The third-order valence-corrected chi connectivity index (χ3v) is 7.20. The molecule has 0 atom stereocenters. The van der Waals surface area contributed by atoms with Gasteiger partial charge in [-0.3, -0.25) is 19.0 Å². The van der Waals surface area contributed by atoms with Crippen molar-refractivity contribution in [1.82, 2.24) is 9.55 Å². The fourth-order valence-electron chi connectivity index (χ4n) is 2.69. The highest BCUT2D eigenvalue weighted by molar-refractivity contribution is 7.99. The zero-order chi connectivity index (χ0) is 21.1. The third kappa shape index (κ3) is 4.53. The Kier molecular flexibility index (Phi) is 6.73. The molecule has 0 unspecified atom stereocenters. The molecular formula is C18H20N4O4S3. The van der Waals surface area contributed by atoms with Crippen molar-refractivity contribution in [3.8, 4) is 0 Å². The van der Waals surface area contributed by atoms with E-state index in [1.807, 2.05) is 13.8 Å². The normalized spacial score (nSPS) is 11.1. The second-order valence-corrected chi connectivity index (χ2v) is 9.23. The number of thioether (sulfide) groups is 1. The predicted octanol–water partition coefficient (Wildman–Crippen LogP) is 2.61. The monoisotopic (exact) mass is 452 g/mol. The molecule has 3 aromatic heterocycles. The van der Waals surface area contributed by atoms with Crippen molar-refractivity contribution in [2.24, 2.45) is 5.73 Å². The lowest BCUT2D eigenvalue weighted by molar-refractivity contribution is -0.113. The summed E-state index contributed by atoms with van der Waals surface area (Å²) in [6.45, 7) is 4.56. The summed E-state index contributed by atoms with van der Waals surface area (Å²) >= 11 is 3.85. The zero-order valence-electron chi connectivity index (χ0n) is 16.1. The van der Waals surface area contributed by atoms with Gasteiger partial charge in [-0.15, -0.1) is 22.7 Å². The van der Waals surface area contributed by atoms with Crippen molar-refractivity contribution >= 4 is 61.5 Å². The molecule has 0 aliphatic heterocycles. The smallest absolute Gasteiger partial charge is 0.263 e. The van der Waals surface area contributed by atoms with Gasteiger partial charge in [0.1, 0.15) is 9.83 Å². The molecule has 0 aromatic carbocycles. The first-order valence-electron chi connectivity index (χ1n) is 8.63. The number of nitrogens with zero attached hydrogens (tertiary/aromatic N) is 2. The summed E-state index contributed by atoms with van der Waals surface area (Å²) in [7, 11) is 1.56. The molecule has 154 valence electrons. The number of anilines is 1. The van der Waals surface area contributed by atoms with Gasteiger partial charge in [0.15, 0.2) is 5.16 Å². The summed E-state index contributed by atoms with van der Waals surface area (Å²) in [5.41, 5.74) is 6.37. The number of amides is 2. The molecule has 11 heteroatoms. The zero-order valence-corrected chi connectivity index (χ0v) is 18.6. The molecule has 0 spiro atoms. The van der Waals surface area contributed by atoms with Gasteiger partial charge in [0.2, 0.25) is 5.91 Å². The van der Waals surface area contributed by atoms with Crippen LogP contribution in [0.2, 0.25) is 0 Å². The van der Waals surface area contributed by atoms with Crippen LogP contribution in [-0.4, -0.2) is 40.8 Å². The van der Waals surface area contributed by atoms with Gasteiger partial charge in [-0.05, 0) is 30.9 Å². The number of aryl methyl sites for hydroxylation is 2. The fourth-order valence-corrected chi connectivity index (χ4v) is 5.40. The van der Waals surface area contributed by atoms with Crippen LogP contribution in [0.4, 0.5) is 5.00 Å². The predicted molar refractivity (Wildman–Crippen MR) is 117 cm³/mol. The van der Waals surface area contributed by atoms with Crippen molar-refractivity contribution in [3.63, 3.8) is 0 Å². The highest BCUT2D eigenvalue weighted by Gasteiger charge is 2.18. The first kappa shape index (κ1) is 21.5. The van der Waals surface area contributed by atoms with E-state index in [9.17, 15) is 14.4 Å². The average molecular weight is 453 g/mol. The number of nitrogens with one attached hydrogen (secondary N) is 1. The summed E-state index contributed by atoms with van der Waals surface area (Å²) in [5.74, 6) is -0.881. The van der Waals surface area contributed by atoms with Crippen LogP contribution in [0, 0.1) is 13.8 Å². The number of ether oxygens (including phenoxy) is 1. The molecule has 0 bridgehead atoms. The summed E-state index contributed by atoms with van der Waals surface area (Å²) in [6.07, 6.45) is 0. The van der Waals surface area contributed by atoms with E-state index in [-0.39, 0.29) is 22.8 Å². The van der Waals surface area contributed by atoms with Crippen molar-refractivity contribution < 1.29 is 14.3 Å². The number of thiophene rings is 2. The van der Waals surface area contributed by atoms with Crippen LogP contribution in [0.1, 0.15) is 20.8 Å². The summed E-state index contributed by atoms with van der Waals surface area (Å²) in [5, 5.41) is 5.85. The molecule has 0 saturated carbocycles. The van der Waals surface area contributed by atoms with Crippen molar-refractivity contribution in [2.75, 3.05) is 24.8 Å². The van der Waals surface area contributed by atoms with Crippen molar-refractivity contribution in [3.05, 3.63) is 37.8 Å². The van der Waals surface area contributed by atoms with Crippen LogP contribution in [0.5, 0.6) is 0 Å². The number of rotatable bonds is 8. The second kappa shape index (κ2) is 9.08. The minimum Gasteiger partial charge on any atom is -0.383 e. The quantitative estimate of drug-likeness (QED) is 0.401. The highest BCUT2D eigenvalue weighted by Crippen LogP contribution is 2.29. The molecule has 8 nitrogen and oxygen atoms in total. The van der Waals surface area contributed by atoms with Crippen LogP contribution in [0.25, 0.3) is 10.2 Å². The number of methoxy groups -OCH3 is 1. The summed E-state index contributed by atoms with van der Waals surface area (Å²) < 4.78 is 6.66. The maximum atomic E-state index is 13.0. The average Bonchev–Trinajstić information content (AvgIpc) is 3.24. The van der Waals surface area contributed by atoms with E-state index in [0.717, 1.165) is 10.4 Å². The molecule has 0 saturated heterocycles. The minimum atomic E-state index is -0.599. The number of aromatic nitrogens is 2. The Morgan fingerprint density at radius 3 is 2.83 bits per heavy atom. The number of carbonyl (C=O) groups is 2. The van der Waals surface area contributed by atoms with Gasteiger partial charge < -0.3 is 15.8 Å². The number of carbonyl (C=O) groups excluding carboxylic acids is 2. The molecule has 3 aromatic rings. The van der Waals surface area contributed by atoms with Crippen LogP contribution < -0.4 is 16.6 Å². The first-order valence-corrected chi connectivity index (χ1v) is 11.3. The summed E-state index contributed by atoms with van der Waals surface area (Å²) in [6, 6.07) is 1.56. The lowest BCUT2D eigenvalue weighted by Gasteiger charge is -2.12. The largest absolute Gasteiger partial charge is 0.383 e. The van der Waals surface area contributed by atoms with Gasteiger partial charge in [-0.1, -0.05) is 11.8 Å². The number of hydrogen-bond acceptors (Lipinski definition) is 8. The van der Waals surface area contributed by atoms with Crippen LogP contribution in [-0.2, 0) is 16.1 Å². The van der Waals surface area contributed by atoms with E-state index in [1.54, 1.807) is 23.1 Å². The Bertz CT molecular complexity index is 1130. The second-order valence-electron chi connectivity index (χ2n) is 6.17. The SMILES string of the molecule is COCCn1c(SCC(=O)Nc2sccc2C(N)=O)nc2sc(C)c(C)c2c1=O. The van der Waals surface area contributed by atoms with Crippen molar-refractivity contribution in [1.29, 1.82) is 0 Å². The van der Waals surface area contributed by atoms with Gasteiger partial charge in [0, 0.05) is 12.0 Å². The van der Waals surface area contributed by atoms with E-state index in [2.05, 4.69) is 10.3 Å². The molecular weight excluding hydrogens is 432 g/mol. The van der Waals surface area contributed by atoms with E-state index in [0.29, 0.717) is 33.5 Å². The molecule has 0 fully saturated rings. The van der Waals surface area contributed by atoms with Gasteiger partial charge in [0.05, 0.1) is 29.9 Å². The molecule has 3 N–H and O–H groups in total. The highest BCUT2D eigenvalue weighted by atomic mass is 32.2. The molecule has 0 aliphatic carbocycles. The lowest BCUT2D eigenvalue weighted by Crippen LogP contribution is -2.26. The maximum Gasteiger partial charge on any atom is 0.263 e. The fraction of sp³-hybridized carbons (Fsp3) is 0.333. The van der Waals surface area contributed by atoms with Gasteiger partial charge >= 0.3 is 0 Å². The molecule has 0 aliphatic rings. The Labute approximate surface area is 179 Å². The number of fused-ring (bicyclic) bond motifs is 1. The standard InChI is InChI=1S/C18H20N4O4S3/c1-9-10(2)29-16-13(9)17(25)22(5-6-26-3)18(21-16)28-8-12(23)20-15-11(14(19)24)4-7-27-15/h4,7H,5-6,8H2,1-3H3,(H2,19,24)(H,20,23). The Morgan fingerprint density at radius 2 is 2.14 bits per heavy atom. The van der Waals surface area contributed by atoms with Gasteiger partial charge in [-0.25, -0.2) is 4.98 Å². The molecule has 3 rings (SSSR count). The molecule has 0 radical (unpaired) electrons. The number of hydrogen-bond donors (Lipinski definition) is 2. The van der Waals surface area contributed by atoms with E-state index >= 15 is 0 Å². The van der Waals surface area contributed by atoms with Gasteiger partial charge in [-0.2, -0.15) is 0 Å². The molecule has 29 heavy (non-hydrogen) atoms. The molecule has 2 amide bonds. The Hall–Kier alpha value is -2.21.